The fraction of sp³-hybridized carbons (Fsp3) is 0.294. The quantitative estimate of drug-likeness (QED) is 0.317. The van der Waals surface area contributed by atoms with Crippen molar-refractivity contribution in [3.63, 3.8) is 0 Å². The van der Waals surface area contributed by atoms with Crippen molar-refractivity contribution in [2.75, 3.05) is 11.9 Å². The van der Waals surface area contributed by atoms with E-state index in [0.29, 0.717) is 22.9 Å². The van der Waals surface area contributed by atoms with Gasteiger partial charge in [0.1, 0.15) is 36.2 Å². The molecule has 25 heavy (non-hydrogen) atoms. The number of hydrogen-bond acceptors (Lipinski definition) is 8. The molecule has 8 nitrogen and oxygen atoms in total. The van der Waals surface area contributed by atoms with Gasteiger partial charge in [0.25, 0.3) is 0 Å². The number of nitrogens with one attached hydrogen (secondary N) is 1. The van der Waals surface area contributed by atoms with Gasteiger partial charge in [0.2, 0.25) is 0 Å². The molecule has 5 N–H and O–H groups in total. The molecular formula is C17H19NO7. The van der Waals surface area contributed by atoms with Crippen LogP contribution in [0.25, 0.3) is 17.0 Å². The fourth-order valence-electron chi connectivity index (χ4n) is 2.30. The molecule has 4 atom stereocenters. The molecule has 0 radical (unpaired) electrons. The first kappa shape index (κ1) is 18.8. The average molecular weight is 349 g/mol. The molecule has 0 aliphatic rings. The molecule has 0 saturated heterocycles. The maximum absolute atomic E-state index is 11.7. The van der Waals surface area contributed by atoms with Crippen LogP contribution in [0.3, 0.4) is 0 Å². The van der Waals surface area contributed by atoms with Crippen LogP contribution in [0, 0.1) is 0 Å². The number of aliphatic hydroxyl groups excluding tert-OH is 4. The molecule has 2 rings (SSSR count). The van der Waals surface area contributed by atoms with Gasteiger partial charge in [-0.2, -0.15) is 0 Å². The number of aldehydes is 1. The van der Waals surface area contributed by atoms with E-state index >= 15 is 0 Å². The first-order chi connectivity index (χ1) is 11.9. The largest absolute Gasteiger partial charge is 0.422 e. The smallest absolute Gasteiger partial charge is 0.343 e. The topological polar surface area (TPSA) is 140 Å². The molecule has 0 bridgehead atoms. The number of carbonyl (C=O) groups excluding carboxylic acids is 1. The van der Waals surface area contributed by atoms with Gasteiger partial charge in [-0.05, 0) is 18.2 Å². The first-order valence-corrected chi connectivity index (χ1v) is 7.48. The third-order valence-corrected chi connectivity index (χ3v) is 3.76. The Bertz CT molecular complexity index is 816. The monoisotopic (exact) mass is 349 g/mol. The second kappa shape index (κ2) is 8.04. The standard InChI is InChI=1S/C17H19NO7/c1-2-9-5-10-3-4-11(6-14(10)25-17(9)24)18-12(7-19)15(22)16(23)13(21)8-20/h2-7,12-13,15-16,18,20-23H,1,8H2/t12-,13+,15+,16+/m0/s1. The first-order valence-electron chi connectivity index (χ1n) is 7.48. The minimum absolute atomic E-state index is 0.260. The molecule has 0 amide bonds. The van der Waals surface area contributed by atoms with E-state index in [4.69, 9.17) is 9.52 Å². The van der Waals surface area contributed by atoms with Gasteiger partial charge in [-0.25, -0.2) is 4.79 Å². The molecule has 0 aliphatic heterocycles. The van der Waals surface area contributed by atoms with Gasteiger partial charge in [0, 0.05) is 17.1 Å². The lowest BCUT2D eigenvalue weighted by molar-refractivity contribution is -0.117. The Balaban J connectivity index is 2.27. The van der Waals surface area contributed by atoms with Gasteiger partial charge in [0.05, 0.1) is 12.2 Å². The Labute approximate surface area is 142 Å². The summed E-state index contributed by atoms with van der Waals surface area (Å²) in [6.07, 6.45) is -3.23. The van der Waals surface area contributed by atoms with Crippen LogP contribution in [0.15, 0.2) is 40.1 Å². The number of anilines is 1. The highest BCUT2D eigenvalue weighted by Gasteiger charge is 2.31. The summed E-state index contributed by atoms with van der Waals surface area (Å²) >= 11 is 0. The lowest BCUT2D eigenvalue weighted by atomic mass is 10.0. The maximum Gasteiger partial charge on any atom is 0.343 e. The molecule has 134 valence electrons. The van der Waals surface area contributed by atoms with Crippen molar-refractivity contribution >= 4 is 29.0 Å². The predicted octanol–water partition coefficient (Wildman–Crippen LogP) is -0.510. The fourth-order valence-corrected chi connectivity index (χ4v) is 2.30. The summed E-state index contributed by atoms with van der Waals surface area (Å²) in [6, 6.07) is 5.04. The number of benzene rings is 1. The molecule has 1 aromatic heterocycles. The summed E-state index contributed by atoms with van der Waals surface area (Å²) < 4.78 is 5.16. The van der Waals surface area contributed by atoms with Crippen LogP contribution >= 0.6 is 0 Å². The van der Waals surface area contributed by atoms with Gasteiger partial charge in [-0.1, -0.05) is 12.7 Å². The predicted molar refractivity (Wildman–Crippen MR) is 91.2 cm³/mol. The molecule has 0 aliphatic carbocycles. The number of carbonyl (C=O) groups is 1. The van der Waals surface area contributed by atoms with Crippen LogP contribution in [0.4, 0.5) is 5.69 Å². The van der Waals surface area contributed by atoms with Gasteiger partial charge in [-0.15, -0.1) is 0 Å². The third-order valence-electron chi connectivity index (χ3n) is 3.76. The average Bonchev–Trinajstić information content (AvgIpc) is 2.63. The van der Waals surface area contributed by atoms with E-state index in [1.54, 1.807) is 18.2 Å². The van der Waals surface area contributed by atoms with Crippen molar-refractivity contribution in [1.82, 2.24) is 0 Å². The molecule has 0 unspecified atom stereocenters. The second-order valence-corrected chi connectivity index (χ2v) is 5.48. The van der Waals surface area contributed by atoms with E-state index in [2.05, 4.69) is 11.9 Å². The zero-order valence-corrected chi connectivity index (χ0v) is 13.2. The summed E-state index contributed by atoms with van der Waals surface area (Å²) in [5.41, 5.74) is 0.364. The lowest BCUT2D eigenvalue weighted by Gasteiger charge is -2.26. The Morgan fingerprint density at radius 3 is 2.52 bits per heavy atom. The highest BCUT2D eigenvalue weighted by Crippen LogP contribution is 2.20. The van der Waals surface area contributed by atoms with Crippen molar-refractivity contribution in [3.05, 3.63) is 46.8 Å². The summed E-state index contributed by atoms with van der Waals surface area (Å²) in [5, 5.41) is 41.2. The maximum atomic E-state index is 11.7. The van der Waals surface area contributed by atoms with Gasteiger partial charge < -0.3 is 35.0 Å². The molecule has 0 spiro atoms. The third kappa shape index (κ3) is 4.12. The van der Waals surface area contributed by atoms with E-state index in [-0.39, 0.29) is 5.58 Å². The zero-order chi connectivity index (χ0) is 18.6. The van der Waals surface area contributed by atoms with Crippen LogP contribution in [0.5, 0.6) is 0 Å². The summed E-state index contributed by atoms with van der Waals surface area (Å²) in [4.78, 5) is 22.9. The van der Waals surface area contributed by atoms with Crippen LogP contribution in [-0.4, -0.2) is 57.7 Å². The highest BCUT2D eigenvalue weighted by molar-refractivity contribution is 5.82. The van der Waals surface area contributed by atoms with E-state index < -0.39 is 36.6 Å². The Kier molecular flexibility index (Phi) is 6.05. The zero-order valence-electron chi connectivity index (χ0n) is 13.2. The highest BCUT2D eigenvalue weighted by atomic mass is 16.4. The van der Waals surface area contributed by atoms with Crippen LogP contribution in [0.1, 0.15) is 5.56 Å². The Morgan fingerprint density at radius 1 is 1.20 bits per heavy atom. The minimum Gasteiger partial charge on any atom is -0.422 e. The van der Waals surface area contributed by atoms with E-state index in [0.717, 1.165) is 0 Å². The van der Waals surface area contributed by atoms with E-state index in [9.17, 15) is 24.9 Å². The second-order valence-electron chi connectivity index (χ2n) is 5.48. The molecule has 0 fully saturated rings. The summed E-state index contributed by atoms with van der Waals surface area (Å²) in [5.74, 6) is 0. The molecular weight excluding hydrogens is 330 g/mol. The Morgan fingerprint density at radius 2 is 1.92 bits per heavy atom. The lowest BCUT2D eigenvalue weighted by Crippen LogP contribution is -2.49. The minimum atomic E-state index is -1.72. The normalized spacial score (nSPS) is 16.0. The Hall–Kier alpha value is -2.52. The van der Waals surface area contributed by atoms with Gasteiger partial charge in [0.15, 0.2) is 0 Å². The molecule has 0 saturated carbocycles. The molecule has 8 heteroatoms. The SMILES string of the molecule is C=Cc1cc2ccc(N[C@@H](C=O)[C@@H](O)[C@H](O)[C@H](O)CO)cc2oc1=O. The van der Waals surface area contributed by atoms with Crippen molar-refractivity contribution in [3.8, 4) is 0 Å². The van der Waals surface area contributed by atoms with Gasteiger partial charge >= 0.3 is 5.63 Å². The van der Waals surface area contributed by atoms with Crippen molar-refractivity contribution in [2.24, 2.45) is 0 Å². The molecule has 2 aromatic rings. The number of hydrogen-bond donors (Lipinski definition) is 5. The van der Waals surface area contributed by atoms with Crippen molar-refractivity contribution < 1.29 is 29.6 Å². The van der Waals surface area contributed by atoms with Crippen LogP contribution in [-0.2, 0) is 4.79 Å². The van der Waals surface area contributed by atoms with Crippen LogP contribution < -0.4 is 10.9 Å². The molecule has 1 aromatic carbocycles. The number of fused-ring (bicyclic) bond motifs is 1. The summed E-state index contributed by atoms with van der Waals surface area (Å²) in [7, 11) is 0. The number of aliphatic hydroxyl groups is 4. The van der Waals surface area contributed by atoms with Crippen molar-refractivity contribution in [1.29, 1.82) is 0 Å². The van der Waals surface area contributed by atoms with E-state index in [1.165, 1.54) is 12.1 Å². The van der Waals surface area contributed by atoms with E-state index in [1.807, 2.05) is 0 Å². The van der Waals surface area contributed by atoms with Crippen LogP contribution in [0.2, 0.25) is 0 Å². The van der Waals surface area contributed by atoms with Gasteiger partial charge in [-0.3, -0.25) is 0 Å². The molecule has 1 heterocycles. The van der Waals surface area contributed by atoms with Crippen molar-refractivity contribution in [2.45, 2.75) is 24.4 Å². The summed E-state index contributed by atoms with van der Waals surface area (Å²) in [6.45, 7) is 2.76. The number of rotatable bonds is 8.